The van der Waals surface area contributed by atoms with E-state index < -0.39 is 46.4 Å². The van der Waals surface area contributed by atoms with Crippen molar-refractivity contribution in [2.24, 2.45) is 5.92 Å². The van der Waals surface area contributed by atoms with Crippen molar-refractivity contribution in [1.29, 1.82) is 0 Å². The first-order valence-electron chi connectivity index (χ1n) is 17.4. The molecule has 7 rings (SSSR count). The van der Waals surface area contributed by atoms with Crippen molar-refractivity contribution in [3.63, 3.8) is 0 Å². The highest BCUT2D eigenvalue weighted by Gasteiger charge is 2.55. The van der Waals surface area contributed by atoms with Gasteiger partial charge >= 0.3 is 6.18 Å². The predicted molar refractivity (Wildman–Crippen MR) is 202 cm³/mol. The standard InChI is InChI=1S/C42H35ClF4N6O2/c1-27-20-33(42(45,46)47)22-37(50-27)53-24-28(23-40(53,39(55)48-2)32-18-19-35(44)34(43)21-32)38(54)51-36-25-52(26-49-36)41(29-12-6-3-7-13-29,30-14-8-4-9-15-30)31-16-10-5-11-17-31/h3-22,25-26,28H,23-24H2,1-2H3,(H,48,55)(H,51,54). The molecule has 13 heteroatoms. The summed E-state index contributed by atoms with van der Waals surface area (Å²) in [5, 5.41) is 5.20. The number of anilines is 2. The average Bonchev–Trinajstić information content (AvgIpc) is 3.83. The topological polar surface area (TPSA) is 92.2 Å². The van der Waals surface area contributed by atoms with Crippen LogP contribution in [0.4, 0.5) is 29.2 Å². The van der Waals surface area contributed by atoms with Crippen LogP contribution >= 0.6 is 11.6 Å². The summed E-state index contributed by atoms with van der Waals surface area (Å²) in [5.41, 5.74) is -0.662. The van der Waals surface area contributed by atoms with Crippen LogP contribution in [0.3, 0.4) is 0 Å². The van der Waals surface area contributed by atoms with Crippen molar-refractivity contribution in [3.8, 4) is 0 Å². The summed E-state index contributed by atoms with van der Waals surface area (Å²) in [7, 11) is 1.37. The third-order valence-corrected chi connectivity index (χ3v) is 10.4. The van der Waals surface area contributed by atoms with Gasteiger partial charge < -0.3 is 20.1 Å². The molecule has 2 aromatic heterocycles. The minimum atomic E-state index is -4.72. The lowest BCUT2D eigenvalue weighted by Gasteiger charge is -2.38. The maximum absolute atomic E-state index is 14.5. The van der Waals surface area contributed by atoms with Gasteiger partial charge in [-0.05, 0) is 59.9 Å². The largest absolute Gasteiger partial charge is 0.416 e. The van der Waals surface area contributed by atoms with Crippen LogP contribution in [0.2, 0.25) is 5.02 Å². The van der Waals surface area contributed by atoms with E-state index in [2.05, 4.69) is 20.6 Å². The summed E-state index contributed by atoms with van der Waals surface area (Å²) in [6.45, 7) is 1.19. The van der Waals surface area contributed by atoms with Gasteiger partial charge in [0.25, 0.3) is 0 Å². The molecular formula is C42H35ClF4N6O2. The number of rotatable bonds is 9. The van der Waals surface area contributed by atoms with Gasteiger partial charge in [0, 0.05) is 25.5 Å². The molecule has 1 saturated heterocycles. The molecule has 2 amide bonds. The van der Waals surface area contributed by atoms with Gasteiger partial charge in [0.1, 0.15) is 22.7 Å². The number of aromatic nitrogens is 3. The van der Waals surface area contributed by atoms with Crippen molar-refractivity contribution in [3.05, 3.63) is 178 Å². The Morgan fingerprint density at radius 3 is 1.95 bits per heavy atom. The summed E-state index contributed by atoms with van der Waals surface area (Å²) < 4.78 is 58.6. The molecule has 2 atom stereocenters. The third-order valence-electron chi connectivity index (χ3n) is 10.1. The second-order valence-corrected chi connectivity index (χ2v) is 13.8. The zero-order valence-electron chi connectivity index (χ0n) is 29.7. The molecule has 55 heavy (non-hydrogen) atoms. The van der Waals surface area contributed by atoms with Crippen LogP contribution in [0.1, 0.15) is 39.9 Å². The lowest BCUT2D eigenvalue weighted by molar-refractivity contribution is -0.137. The van der Waals surface area contributed by atoms with Crippen molar-refractivity contribution in [1.82, 2.24) is 19.9 Å². The fraction of sp³-hybridized carbons (Fsp3) is 0.190. The lowest BCUT2D eigenvalue weighted by Crippen LogP contribution is -2.53. The molecule has 280 valence electrons. The fourth-order valence-electron chi connectivity index (χ4n) is 7.69. The number of pyridine rings is 1. The number of alkyl halides is 3. The third kappa shape index (κ3) is 6.71. The molecule has 1 fully saturated rings. The number of hydrogen-bond donors (Lipinski definition) is 2. The number of carbonyl (C=O) groups excluding carboxylic acids is 2. The van der Waals surface area contributed by atoms with E-state index in [0.29, 0.717) is 0 Å². The SMILES string of the molecule is CNC(=O)C1(c2ccc(F)c(Cl)c2)CC(C(=O)Nc2cn(C(c3ccccc3)(c3ccccc3)c3ccccc3)cn2)CN1c1cc(C(F)(F)F)cc(C)n1. The van der Waals surface area contributed by atoms with Gasteiger partial charge in [-0.15, -0.1) is 0 Å². The summed E-state index contributed by atoms with van der Waals surface area (Å²) >= 11 is 6.20. The van der Waals surface area contributed by atoms with Crippen molar-refractivity contribution in [2.75, 3.05) is 23.8 Å². The maximum Gasteiger partial charge on any atom is 0.416 e. The maximum atomic E-state index is 14.5. The Morgan fingerprint density at radius 1 is 0.836 bits per heavy atom. The molecular weight excluding hydrogens is 732 g/mol. The van der Waals surface area contributed by atoms with E-state index in [1.165, 1.54) is 31.0 Å². The number of aryl methyl sites for hydroxylation is 1. The monoisotopic (exact) mass is 766 g/mol. The highest BCUT2D eigenvalue weighted by Crippen LogP contribution is 2.47. The van der Waals surface area contributed by atoms with Gasteiger partial charge in [0.2, 0.25) is 11.8 Å². The molecule has 2 N–H and O–H groups in total. The van der Waals surface area contributed by atoms with Crippen molar-refractivity contribution in [2.45, 2.75) is 30.6 Å². The number of hydrogen-bond acceptors (Lipinski definition) is 5. The first-order chi connectivity index (χ1) is 26.4. The quantitative estimate of drug-likeness (QED) is 0.114. The molecule has 0 radical (unpaired) electrons. The van der Waals surface area contributed by atoms with E-state index >= 15 is 0 Å². The Bertz CT molecular complexity index is 2240. The molecule has 0 aliphatic carbocycles. The minimum Gasteiger partial charge on any atom is -0.357 e. The summed E-state index contributed by atoms with van der Waals surface area (Å²) in [6.07, 6.45) is -1.57. The normalized spacial score (nSPS) is 17.2. The molecule has 1 aliphatic rings. The first kappa shape index (κ1) is 37.3. The predicted octanol–water partition coefficient (Wildman–Crippen LogP) is 8.34. The molecule has 6 aromatic rings. The van der Waals surface area contributed by atoms with Crippen LogP contribution in [0, 0.1) is 18.7 Å². The number of carbonyl (C=O) groups is 2. The first-order valence-corrected chi connectivity index (χ1v) is 17.8. The van der Waals surface area contributed by atoms with Crippen LogP contribution in [0.15, 0.2) is 134 Å². The summed E-state index contributed by atoms with van der Waals surface area (Å²) in [5.74, 6) is -2.90. The Balaban J connectivity index is 1.31. The number of nitrogens with one attached hydrogen (secondary N) is 2. The van der Waals surface area contributed by atoms with Gasteiger partial charge in [-0.1, -0.05) is 109 Å². The molecule has 0 saturated carbocycles. The highest BCUT2D eigenvalue weighted by atomic mass is 35.5. The Hall–Kier alpha value is -6.01. The van der Waals surface area contributed by atoms with Crippen molar-refractivity contribution < 1.29 is 27.2 Å². The average molecular weight is 767 g/mol. The van der Waals surface area contributed by atoms with Gasteiger partial charge in [0.05, 0.1) is 22.8 Å². The van der Waals surface area contributed by atoms with Crippen LogP contribution < -0.4 is 15.5 Å². The second kappa shape index (κ2) is 14.7. The number of amides is 2. The number of likely N-dealkylation sites (N-methyl/N-ethyl adjacent to an activating group) is 1. The summed E-state index contributed by atoms with van der Waals surface area (Å²) in [6, 6.07) is 35.1. The highest BCUT2D eigenvalue weighted by molar-refractivity contribution is 6.30. The lowest BCUT2D eigenvalue weighted by atomic mass is 9.77. The Labute approximate surface area is 319 Å². The number of halogens is 5. The molecule has 1 aliphatic heterocycles. The van der Waals surface area contributed by atoms with Crippen molar-refractivity contribution >= 4 is 35.1 Å². The van der Waals surface area contributed by atoms with E-state index in [9.17, 15) is 27.2 Å². The van der Waals surface area contributed by atoms with E-state index in [1.54, 1.807) is 12.5 Å². The van der Waals surface area contributed by atoms with Gasteiger partial charge in [-0.25, -0.2) is 14.4 Å². The molecule has 8 nitrogen and oxygen atoms in total. The van der Waals surface area contributed by atoms with E-state index in [0.717, 1.165) is 34.9 Å². The van der Waals surface area contributed by atoms with E-state index in [1.807, 2.05) is 95.6 Å². The molecule has 2 unspecified atom stereocenters. The second-order valence-electron chi connectivity index (χ2n) is 13.4. The van der Waals surface area contributed by atoms with Gasteiger partial charge in [0.15, 0.2) is 5.82 Å². The van der Waals surface area contributed by atoms with Gasteiger partial charge in [-0.2, -0.15) is 13.2 Å². The number of benzene rings is 4. The van der Waals surface area contributed by atoms with Crippen LogP contribution in [-0.4, -0.2) is 39.9 Å². The zero-order valence-corrected chi connectivity index (χ0v) is 30.4. The van der Waals surface area contributed by atoms with Crippen LogP contribution in [0.5, 0.6) is 0 Å². The van der Waals surface area contributed by atoms with Crippen LogP contribution in [0.25, 0.3) is 0 Å². The molecule has 4 aromatic carbocycles. The van der Waals surface area contributed by atoms with Crippen LogP contribution in [-0.2, 0) is 26.8 Å². The molecule has 3 heterocycles. The van der Waals surface area contributed by atoms with E-state index in [-0.39, 0.29) is 40.9 Å². The fourth-order valence-corrected chi connectivity index (χ4v) is 7.87. The zero-order chi connectivity index (χ0) is 39.0. The smallest absolute Gasteiger partial charge is 0.357 e. The molecule has 0 spiro atoms. The van der Waals surface area contributed by atoms with Gasteiger partial charge in [-0.3, -0.25) is 9.59 Å². The number of imidazole rings is 1. The Kier molecular flexibility index (Phi) is 9.95. The Morgan fingerprint density at radius 2 is 1.42 bits per heavy atom. The summed E-state index contributed by atoms with van der Waals surface area (Å²) in [4.78, 5) is 38.7. The minimum absolute atomic E-state index is 0.0462. The van der Waals surface area contributed by atoms with E-state index in [4.69, 9.17) is 11.6 Å². The molecule has 0 bridgehead atoms. The number of nitrogens with zero attached hydrogens (tertiary/aromatic N) is 4.